The summed E-state index contributed by atoms with van der Waals surface area (Å²) in [5.74, 6) is 2.54. The zero-order valence-electron chi connectivity index (χ0n) is 17.4. The highest BCUT2D eigenvalue weighted by molar-refractivity contribution is 7.97. The van der Waals surface area contributed by atoms with Crippen LogP contribution in [0.1, 0.15) is 30.2 Å². The number of rotatable bonds is 6. The quantitative estimate of drug-likeness (QED) is 0.423. The second kappa shape index (κ2) is 9.39. The fraction of sp³-hybridized carbons (Fsp3) is 0.280. The number of hydrogen-bond donors (Lipinski definition) is 1. The molecule has 2 aliphatic rings. The molecule has 5 rings (SSSR count). The van der Waals surface area contributed by atoms with Crippen LogP contribution in [0.15, 0.2) is 71.2 Å². The van der Waals surface area contributed by atoms with Crippen LogP contribution in [-0.2, 0) is 0 Å². The monoisotopic (exact) mass is 451 g/mol. The molecule has 0 saturated heterocycles. The van der Waals surface area contributed by atoms with Gasteiger partial charge in [0, 0.05) is 20.9 Å². The van der Waals surface area contributed by atoms with Gasteiger partial charge in [0.1, 0.15) is 5.75 Å². The summed E-state index contributed by atoms with van der Waals surface area (Å²) in [7, 11) is 1.71. The summed E-state index contributed by atoms with van der Waals surface area (Å²) in [6.45, 7) is 1.40. The van der Waals surface area contributed by atoms with Crippen LogP contribution in [0.3, 0.4) is 0 Å². The second-order valence-corrected chi connectivity index (χ2v) is 9.57. The average Bonchev–Trinajstić information content (AvgIpc) is 3.09. The van der Waals surface area contributed by atoms with Crippen LogP contribution in [0, 0.1) is 0 Å². The van der Waals surface area contributed by atoms with Gasteiger partial charge in [-0.1, -0.05) is 18.2 Å². The largest absolute Gasteiger partial charge is 0.497 e. The molecule has 1 unspecified atom stereocenters. The van der Waals surface area contributed by atoms with Gasteiger partial charge in [-0.3, -0.25) is 0 Å². The average molecular weight is 452 g/mol. The molecule has 0 radical (unpaired) electrons. The lowest BCUT2D eigenvalue weighted by atomic mass is 9.99. The van der Waals surface area contributed by atoms with Gasteiger partial charge in [-0.2, -0.15) is 0 Å². The van der Waals surface area contributed by atoms with Crippen molar-refractivity contribution in [3.63, 3.8) is 0 Å². The normalized spacial score (nSPS) is 16.6. The molecule has 31 heavy (non-hydrogen) atoms. The van der Waals surface area contributed by atoms with Crippen LogP contribution in [0.2, 0.25) is 0 Å². The third-order valence-corrected chi connectivity index (χ3v) is 7.42. The van der Waals surface area contributed by atoms with E-state index >= 15 is 0 Å². The van der Waals surface area contributed by atoms with Crippen LogP contribution in [0.5, 0.6) is 17.2 Å². The predicted molar refractivity (Wildman–Crippen MR) is 129 cm³/mol. The maximum atomic E-state index is 5.86. The summed E-state index contributed by atoms with van der Waals surface area (Å²) in [5, 5.41) is 1.21. The molecule has 1 aliphatic heterocycles. The molecule has 6 heteroatoms. The topological polar surface area (TPSA) is 39.7 Å². The SMILES string of the molecule is COc1ccc2sc(C(NSc3ccc4c(c3)OCCCO4)C3=CCCC=C3)cc2c1. The molecular formula is C25H25NO3S2. The van der Waals surface area contributed by atoms with Crippen LogP contribution < -0.4 is 18.9 Å². The van der Waals surface area contributed by atoms with Crippen molar-refractivity contribution < 1.29 is 14.2 Å². The van der Waals surface area contributed by atoms with E-state index in [0.717, 1.165) is 41.4 Å². The smallest absolute Gasteiger partial charge is 0.162 e. The predicted octanol–water partition coefficient (Wildman–Crippen LogP) is 6.69. The Morgan fingerprint density at radius 1 is 1.03 bits per heavy atom. The summed E-state index contributed by atoms with van der Waals surface area (Å²) in [6, 6.07) is 14.8. The van der Waals surface area contributed by atoms with Gasteiger partial charge in [0.2, 0.25) is 0 Å². The third-order valence-electron chi connectivity index (χ3n) is 5.40. The Labute approximate surface area is 191 Å². The Hall–Kier alpha value is -2.41. The lowest BCUT2D eigenvalue weighted by Gasteiger charge is -2.20. The molecule has 0 fully saturated rings. The molecule has 1 aliphatic carbocycles. The van der Waals surface area contributed by atoms with Gasteiger partial charge < -0.3 is 14.2 Å². The molecule has 160 valence electrons. The minimum atomic E-state index is 0.112. The molecule has 0 saturated carbocycles. The van der Waals surface area contributed by atoms with E-state index in [-0.39, 0.29) is 6.04 Å². The molecule has 2 heterocycles. The first kappa shape index (κ1) is 20.5. The number of thiophene rings is 1. The molecule has 2 aromatic carbocycles. The summed E-state index contributed by atoms with van der Waals surface area (Å²) in [4.78, 5) is 2.40. The van der Waals surface area contributed by atoms with E-state index in [2.05, 4.69) is 53.3 Å². The molecule has 3 aromatic rings. The number of fused-ring (bicyclic) bond motifs is 2. The molecular weight excluding hydrogens is 426 g/mol. The Bertz CT molecular complexity index is 1130. The summed E-state index contributed by atoms with van der Waals surface area (Å²) < 4.78 is 22.0. The first-order valence-corrected chi connectivity index (χ1v) is 12.2. The van der Waals surface area contributed by atoms with Crippen molar-refractivity contribution in [1.82, 2.24) is 4.72 Å². The third kappa shape index (κ3) is 4.61. The Balaban J connectivity index is 1.41. The first-order valence-electron chi connectivity index (χ1n) is 10.6. The highest BCUT2D eigenvalue weighted by Crippen LogP contribution is 2.39. The molecule has 0 amide bonds. The van der Waals surface area contributed by atoms with E-state index in [0.29, 0.717) is 13.2 Å². The van der Waals surface area contributed by atoms with Crippen molar-refractivity contribution in [2.75, 3.05) is 20.3 Å². The van der Waals surface area contributed by atoms with Gasteiger partial charge in [0.05, 0.1) is 26.4 Å². The van der Waals surface area contributed by atoms with Crippen molar-refractivity contribution in [2.45, 2.75) is 30.2 Å². The lowest BCUT2D eigenvalue weighted by molar-refractivity contribution is 0.297. The first-order chi connectivity index (χ1) is 15.3. The minimum Gasteiger partial charge on any atom is -0.497 e. The van der Waals surface area contributed by atoms with Crippen LogP contribution in [0.25, 0.3) is 10.1 Å². The Kier molecular flexibility index (Phi) is 6.20. The molecule has 1 N–H and O–H groups in total. The molecule has 4 nitrogen and oxygen atoms in total. The molecule has 1 aromatic heterocycles. The fourth-order valence-corrected chi connectivity index (χ4v) is 5.80. The van der Waals surface area contributed by atoms with Crippen molar-refractivity contribution in [3.05, 3.63) is 71.1 Å². The van der Waals surface area contributed by atoms with Crippen LogP contribution >= 0.6 is 23.3 Å². The Morgan fingerprint density at radius 3 is 2.77 bits per heavy atom. The molecule has 1 atom stereocenters. The lowest BCUT2D eigenvalue weighted by Crippen LogP contribution is -2.15. The van der Waals surface area contributed by atoms with Gasteiger partial charge >= 0.3 is 0 Å². The van der Waals surface area contributed by atoms with Crippen molar-refractivity contribution in [3.8, 4) is 17.2 Å². The minimum absolute atomic E-state index is 0.112. The van der Waals surface area contributed by atoms with Crippen molar-refractivity contribution in [2.24, 2.45) is 0 Å². The summed E-state index contributed by atoms with van der Waals surface area (Å²) >= 11 is 3.46. The van der Waals surface area contributed by atoms with E-state index in [1.165, 1.54) is 20.5 Å². The summed E-state index contributed by atoms with van der Waals surface area (Å²) in [6.07, 6.45) is 9.96. The number of nitrogens with one attached hydrogen (secondary N) is 1. The van der Waals surface area contributed by atoms with Crippen molar-refractivity contribution >= 4 is 33.4 Å². The highest BCUT2D eigenvalue weighted by Gasteiger charge is 2.20. The van der Waals surface area contributed by atoms with Crippen LogP contribution in [0.4, 0.5) is 0 Å². The zero-order chi connectivity index (χ0) is 21.0. The van der Waals surface area contributed by atoms with Gasteiger partial charge in [-0.25, -0.2) is 4.72 Å². The van der Waals surface area contributed by atoms with E-state index in [9.17, 15) is 0 Å². The van der Waals surface area contributed by atoms with Gasteiger partial charge in [0.15, 0.2) is 11.5 Å². The van der Waals surface area contributed by atoms with Crippen LogP contribution in [-0.4, -0.2) is 20.3 Å². The number of ether oxygens (including phenoxy) is 3. The Morgan fingerprint density at radius 2 is 1.94 bits per heavy atom. The standard InChI is InChI=1S/C25H25NO3S2/c1-27-19-8-11-23-18(14-19)15-24(30-23)25(17-6-3-2-4-7-17)26-31-20-9-10-21-22(16-20)29-13-5-12-28-21/h3,6-11,14-16,25-26H,2,4-5,12-13H2,1H3. The van der Waals surface area contributed by atoms with Gasteiger partial charge in [0.25, 0.3) is 0 Å². The van der Waals surface area contributed by atoms with Crippen molar-refractivity contribution in [1.29, 1.82) is 0 Å². The fourth-order valence-electron chi connectivity index (χ4n) is 3.78. The molecule has 0 spiro atoms. The van der Waals surface area contributed by atoms with Gasteiger partial charge in [-0.05, 0) is 78.2 Å². The second-order valence-electron chi connectivity index (χ2n) is 7.55. The van der Waals surface area contributed by atoms with Gasteiger partial charge in [-0.15, -0.1) is 11.3 Å². The molecule has 0 bridgehead atoms. The maximum absolute atomic E-state index is 5.86. The number of allylic oxidation sites excluding steroid dienone is 2. The summed E-state index contributed by atoms with van der Waals surface area (Å²) in [5.41, 5.74) is 1.31. The van der Waals surface area contributed by atoms with E-state index in [1.807, 2.05) is 23.5 Å². The number of benzene rings is 2. The number of methoxy groups -OCH3 is 1. The maximum Gasteiger partial charge on any atom is 0.162 e. The zero-order valence-corrected chi connectivity index (χ0v) is 19.1. The van der Waals surface area contributed by atoms with E-state index < -0.39 is 0 Å². The van der Waals surface area contributed by atoms with E-state index in [1.54, 1.807) is 19.1 Å². The number of hydrogen-bond acceptors (Lipinski definition) is 6. The van der Waals surface area contributed by atoms with E-state index in [4.69, 9.17) is 14.2 Å². The highest BCUT2D eigenvalue weighted by atomic mass is 32.2.